The number of anilines is 1. The first-order valence-electron chi connectivity index (χ1n) is 9.15. The number of nitrogens with one attached hydrogen (secondary N) is 1. The standard InChI is InChI=1S/C22H20N4OS/c23-22-25-19(16-11-5-2-6-12-16)17-14-18(28-21(17)26-22)20(27)24-13-7-10-15-8-3-1-4-9-15/h1-6,8-9,11-12,14H,7,10,13H2,(H,24,27)(H2,23,25,26). The fraction of sp³-hybridized carbons (Fsp3) is 0.136. The van der Waals surface area contributed by atoms with Crippen LogP contribution < -0.4 is 11.1 Å². The molecule has 0 radical (unpaired) electrons. The predicted octanol–water partition coefficient (Wildman–Crippen LogP) is 4.30. The van der Waals surface area contributed by atoms with Crippen LogP contribution in [0.25, 0.3) is 21.5 Å². The van der Waals surface area contributed by atoms with E-state index in [9.17, 15) is 4.79 Å². The SMILES string of the molecule is Nc1nc(-c2ccccc2)c2cc(C(=O)NCCCc3ccccc3)sc2n1. The number of nitrogens with zero attached hydrogens (tertiary/aromatic N) is 2. The molecule has 5 nitrogen and oxygen atoms in total. The minimum Gasteiger partial charge on any atom is -0.368 e. The Bertz CT molecular complexity index is 1090. The van der Waals surface area contributed by atoms with Crippen molar-refractivity contribution in [2.45, 2.75) is 12.8 Å². The molecule has 4 rings (SSSR count). The van der Waals surface area contributed by atoms with Crippen molar-refractivity contribution in [3.8, 4) is 11.3 Å². The maximum absolute atomic E-state index is 12.6. The molecule has 0 atom stereocenters. The molecule has 0 aliphatic carbocycles. The third kappa shape index (κ3) is 4.02. The van der Waals surface area contributed by atoms with Crippen molar-refractivity contribution >= 4 is 33.4 Å². The molecule has 2 aromatic carbocycles. The third-order valence-corrected chi connectivity index (χ3v) is 5.48. The number of hydrogen-bond acceptors (Lipinski definition) is 5. The molecule has 140 valence electrons. The van der Waals surface area contributed by atoms with Crippen molar-refractivity contribution in [1.82, 2.24) is 15.3 Å². The van der Waals surface area contributed by atoms with Gasteiger partial charge in [-0.3, -0.25) is 4.79 Å². The molecule has 3 N–H and O–H groups in total. The minimum atomic E-state index is -0.0892. The Kier molecular flexibility index (Phi) is 5.30. The minimum absolute atomic E-state index is 0.0892. The molecule has 0 fully saturated rings. The Hall–Kier alpha value is -3.25. The van der Waals surface area contributed by atoms with Crippen LogP contribution in [0.3, 0.4) is 0 Å². The molecule has 1 amide bonds. The van der Waals surface area contributed by atoms with Crippen molar-refractivity contribution in [3.63, 3.8) is 0 Å². The van der Waals surface area contributed by atoms with Gasteiger partial charge in [0, 0.05) is 17.5 Å². The van der Waals surface area contributed by atoms with E-state index in [0.717, 1.165) is 34.3 Å². The summed E-state index contributed by atoms with van der Waals surface area (Å²) in [6.45, 7) is 0.626. The van der Waals surface area contributed by atoms with Crippen molar-refractivity contribution < 1.29 is 4.79 Å². The highest BCUT2D eigenvalue weighted by Gasteiger charge is 2.16. The van der Waals surface area contributed by atoms with E-state index in [-0.39, 0.29) is 11.9 Å². The number of aromatic nitrogens is 2. The number of carbonyl (C=O) groups is 1. The Morgan fingerprint density at radius 1 is 1.00 bits per heavy atom. The Labute approximate surface area is 167 Å². The number of aryl methyl sites for hydroxylation is 1. The number of nitrogens with two attached hydrogens (primary N) is 1. The molecular weight excluding hydrogens is 368 g/mol. The average molecular weight is 388 g/mol. The van der Waals surface area contributed by atoms with Gasteiger partial charge in [0.1, 0.15) is 4.83 Å². The third-order valence-electron chi connectivity index (χ3n) is 4.45. The highest BCUT2D eigenvalue weighted by Crippen LogP contribution is 2.32. The first-order valence-corrected chi connectivity index (χ1v) is 9.97. The van der Waals surface area contributed by atoms with Crippen LogP contribution in [0.5, 0.6) is 0 Å². The lowest BCUT2D eigenvalue weighted by atomic mass is 10.1. The van der Waals surface area contributed by atoms with Crippen LogP contribution in [0.2, 0.25) is 0 Å². The first kappa shape index (κ1) is 18.1. The lowest BCUT2D eigenvalue weighted by molar-refractivity contribution is 0.0957. The zero-order valence-electron chi connectivity index (χ0n) is 15.3. The highest BCUT2D eigenvalue weighted by atomic mass is 32.1. The molecule has 6 heteroatoms. The quantitative estimate of drug-likeness (QED) is 0.483. The van der Waals surface area contributed by atoms with Gasteiger partial charge in [-0.25, -0.2) is 9.97 Å². The van der Waals surface area contributed by atoms with Crippen molar-refractivity contribution in [1.29, 1.82) is 0 Å². The van der Waals surface area contributed by atoms with E-state index in [1.54, 1.807) is 0 Å². The first-order chi connectivity index (χ1) is 13.7. The average Bonchev–Trinajstić information content (AvgIpc) is 3.16. The molecule has 0 unspecified atom stereocenters. The lowest BCUT2D eigenvalue weighted by Gasteiger charge is -2.04. The van der Waals surface area contributed by atoms with Crippen LogP contribution in [0, 0.1) is 0 Å². The van der Waals surface area contributed by atoms with Gasteiger partial charge in [-0.15, -0.1) is 11.3 Å². The lowest BCUT2D eigenvalue weighted by Crippen LogP contribution is -2.23. The number of carbonyl (C=O) groups excluding carboxylic acids is 1. The Morgan fingerprint density at radius 3 is 2.46 bits per heavy atom. The highest BCUT2D eigenvalue weighted by molar-refractivity contribution is 7.20. The van der Waals surface area contributed by atoms with E-state index in [1.807, 2.05) is 54.6 Å². The zero-order valence-corrected chi connectivity index (χ0v) is 16.1. The molecule has 0 saturated carbocycles. The van der Waals surface area contributed by atoms with Crippen molar-refractivity contribution in [2.24, 2.45) is 0 Å². The van der Waals surface area contributed by atoms with Gasteiger partial charge in [-0.1, -0.05) is 60.7 Å². The summed E-state index contributed by atoms with van der Waals surface area (Å²) in [4.78, 5) is 22.6. The van der Waals surface area contributed by atoms with Crippen LogP contribution >= 0.6 is 11.3 Å². The van der Waals surface area contributed by atoms with Crippen LogP contribution in [-0.4, -0.2) is 22.4 Å². The number of thiophene rings is 1. The number of amides is 1. The van der Waals surface area contributed by atoms with E-state index in [4.69, 9.17) is 5.73 Å². The summed E-state index contributed by atoms with van der Waals surface area (Å²) in [5.74, 6) is 0.122. The molecule has 0 aliphatic heterocycles. The Balaban J connectivity index is 1.49. The van der Waals surface area contributed by atoms with Gasteiger partial charge in [0.15, 0.2) is 0 Å². The number of rotatable bonds is 6. The van der Waals surface area contributed by atoms with E-state index in [0.29, 0.717) is 11.4 Å². The van der Waals surface area contributed by atoms with Crippen LogP contribution in [0.4, 0.5) is 5.95 Å². The van der Waals surface area contributed by atoms with Gasteiger partial charge in [0.2, 0.25) is 5.95 Å². The summed E-state index contributed by atoms with van der Waals surface area (Å²) in [7, 11) is 0. The fourth-order valence-corrected chi connectivity index (χ4v) is 4.05. The monoisotopic (exact) mass is 388 g/mol. The second-order valence-electron chi connectivity index (χ2n) is 6.47. The van der Waals surface area contributed by atoms with Crippen LogP contribution in [-0.2, 0) is 6.42 Å². The van der Waals surface area contributed by atoms with Crippen molar-refractivity contribution in [2.75, 3.05) is 12.3 Å². The number of benzene rings is 2. The molecule has 4 aromatic rings. The smallest absolute Gasteiger partial charge is 0.261 e. The molecule has 0 spiro atoms. The largest absolute Gasteiger partial charge is 0.368 e. The van der Waals surface area contributed by atoms with E-state index < -0.39 is 0 Å². The second kappa shape index (κ2) is 8.19. The van der Waals surface area contributed by atoms with Gasteiger partial charge in [0.05, 0.1) is 10.6 Å². The summed E-state index contributed by atoms with van der Waals surface area (Å²) < 4.78 is 0. The predicted molar refractivity (Wildman–Crippen MR) is 114 cm³/mol. The van der Waals surface area contributed by atoms with Crippen LogP contribution in [0.1, 0.15) is 21.7 Å². The van der Waals surface area contributed by atoms with Gasteiger partial charge in [0.25, 0.3) is 5.91 Å². The van der Waals surface area contributed by atoms with Gasteiger partial charge < -0.3 is 11.1 Å². The molecule has 2 aromatic heterocycles. The van der Waals surface area contributed by atoms with Gasteiger partial charge in [-0.05, 0) is 24.5 Å². The summed E-state index contributed by atoms with van der Waals surface area (Å²) in [5.41, 5.74) is 8.86. The fourth-order valence-electron chi connectivity index (χ4n) is 3.09. The molecule has 2 heterocycles. The summed E-state index contributed by atoms with van der Waals surface area (Å²) in [6, 6.07) is 21.9. The van der Waals surface area contributed by atoms with Gasteiger partial charge >= 0.3 is 0 Å². The van der Waals surface area contributed by atoms with Crippen molar-refractivity contribution in [3.05, 3.63) is 77.2 Å². The summed E-state index contributed by atoms with van der Waals surface area (Å²) in [5, 5.41) is 3.84. The van der Waals surface area contributed by atoms with E-state index in [2.05, 4.69) is 27.4 Å². The molecule has 0 saturated heterocycles. The number of hydrogen-bond donors (Lipinski definition) is 2. The van der Waals surface area contributed by atoms with E-state index in [1.165, 1.54) is 16.9 Å². The normalized spacial score (nSPS) is 10.9. The molecule has 0 bridgehead atoms. The van der Waals surface area contributed by atoms with Gasteiger partial charge in [-0.2, -0.15) is 0 Å². The zero-order chi connectivity index (χ0) is 19.3. The maximum Gasteiger partial charge on any atom is 0.261 e. The Morgan fingerprint density at radius 2 is 1.71 bits per heavy atom. The number of nitrogen functional groups attached to an aromatic ring is 1. The second-order valence-corrected chi connectivity index (χ2v) is 7.50. The maximum atomic E-state index is 12.6. The topological polar surface area (TPSA) is 80.9 Å². The summed E-state index contributed by atoms with van der Waals surface area (Å²) in [6.07, 6.45) is 1.83. The van der Waals surface area contributed by atoms with Crippen LogP contribution in [0.15, 0.2) is 66.7 Å². The molecular formula is C22H20N4OS. The summed E-state index contributed by atoms with van der Waals surface area (Å²) >= 11 is 1.34. The number of fused-ring (bicyclic) bond motifs is 1. The molecule has 0 aliphatic rings. The van der Waals surface area contributed by atoms with E-state index >= 15 is 0 Å². The molecule has 28 heavy (non-hydrogen) atoms.